The van der Waals surface area contributed by atoms with Crippen LogP contribution in [0.15, 0.2) is 48.7 Å². The summed E-state index contributed by atoms with van der Waals surface area (Å²) in [5.41, 5.74) is 7.05. The van der Waals surface area contributed by atoms with Gasteiger partial charge in [-0.25, -0.2) is 9.78 Å². The molecule has 0 saturated carbocycles. The zero-order chi connectivity index (χ0) is 13.7. The van der Waals surface area contributed by atoms with Gasteiger partial charge in [0.1, 0.15) is 5.82 Å². The van der Waals surface area contributed by atoms with Crippen LogP contribution < -0.4 is 11.1 Å². The molecule has 0 aliphatic heterocycles. The van der Waals surface area contributed by atoms with Crippen LogP contribution in [0.5, 0.6) is 0 Å². The fraction of sp³-hybridized carbons (Fsp3) is 0.143. The Morgan fingerprint density at radius 1 is 1.26 bits per heavy atom. The van der Waals surface area contributed by atoms with Crippen molar-refractivity contribution < 1.29 is 9.53 Å². The van der Waals surface area contributed by atoms with E-state index in [1.807, 2.05) is 30.3 Å². The Balaban J connectivity index is 2.24. The number of carbonyl (C=O) groups is 1. The minimum Gasteiger partial charge on any atom is -0.467 e. The van der Waals surface area contributed by atoms with E-state index >= 15 is 0 Å². The molecule has 2 aromatic rings. The van der Waals surface area contributed by atoms with Crippen molar-refractivity contribution in [3.05, 3.63) is 54.2 Å². The van der Waals surface area contributed by atoms with Crippen LogP contribution in [-0.4, -0.2) is 18.1 Å². The summed E-state index contributed by atoms with van der Waals surface area (Å²) >= 11 is 0. The van der Waals surface area contributed by atoms with Crippen LogP contribution >= 0.6 is 0 Å². The van der Waals surface area contributed by atoms with Crippen molar-refractivity contribution in [2.45, 2.75) is 6.04 Å². The summed E-state index contributed by atoms with van der Waals surface area (Å²) in [5, 5.41) is 3.08. The van der Waals surface area contributed by atoms with E-state index in [0.29, 0.717) is 11.5 Å². The number of hydrogen-bond acceptors (Lipinski definition) is 5. The van der Waals surface area contributed by atoms with Gasteiger partial charge >= 0.3 is 5.97 Å². The van der Waals surface area contributed by atoms with Gasteiger partial charge in [0.05, 0.1) is 19.0 Å². The number of aromatic nitrogens is 1. The lowest BCUT2D eigenvalue weighted by molar-refractivity contribution is -0.141. The largest absolute Gasteiger partial charge is 0.467 e. The van der Waals surface area contributed by atoms with Gasteiger partial charge in [-0.15, -0.1) is 0 Å². The van der Waals surface area contributed by atoms with Gasteiger partial charge in [-0.05, 0) is 17.7 Å². The van der Waals surface area contributed by atoms with E-state index in [-0.39, 0.29) is 5.97 Å². The summed E-state index contributed by atoms with van der Waals surface area (Å²) in [6, 6.07) is 12.2. The van der Waals surface area contributed by atoms with Crippen molar-refractivity contribution in [2.24, 2.45) is 0 Å². The number of pyridine rings is 1. The molecule has 5 heteroatoms. The van der Waals surface area contributed by atoms with Gasteiger partial charge in [0, 0.05) is 0 Å². The quantitative estimate of drug-likeness (QED) is 0.819. The van der Waals surface area contributed by atoms with Crippen molar-refractivity contribution in [3.8, 4) is 0 Å². The predicted octanol–water partition coefficient (Wildman–Crippen LogP) is 1.99. The van der Waals surface area contributed by atoms with Gasteiger partial charge < -0.3 is 15.8 Å². The van der Waals surface area contributed by atoms with Gasteiger partial charge in [0.25, 0.3) is 0 Å². The van der Waals surface area contributed by atoms with E-state index in [2.05, 4.69) is 10.3 Å². The maximum Gasteiger partial charge on any atom is 0.332 e. The van der Waals surface area contributed by atoms with Crippen molar-refractivity contribution >= 4 is 17.5 Å². The number of rotatable bonds is 4. The number of benzene rings is 1. The maximum atomic E-state index is 11.9. The molecule has 0 saturated heterocycles. The maximum absolute atomic E-state index is 11.9. The molecule has 2 rings (SSSR count). The third-order valence-corrected chi connectivity index (χ3v) is 2.67. The van der Waals surface area contributed by atoms with E-state index in [1.54, 1.807) is 18.3 Å². The third-order valence-electron chi connectivity index (χ3n) is 2.67. The lowest BCUT2D eigenvalue weighted by Crippen LogP contribution is -2.22. The van der Waals surface area contributed by atoms with Crippen molar-refractivity contribution in [1.82, 2.24) is 4.98 Å². The first-order chi connectivity index (χ1) is 9.20. The molecule has 5 nitrogen and oxygen atoms in total. The summed E-state index contributed by atoms with van der Waals surface area (Å²) in [5.74, 6) is 0.0721. The average Bonchev–Trinajstić information content (AvgIpc) is 2.47. The van der Waals surface area contributed by atoms with E-state index in [4.69, 9.17) is 10.5 Å². The Morgan fingerprint density at radius 3 is 2.58 bits per heavy atom. The molecular formula is C14H15N3O2. The SMILES string of the molecule is COC(=O)C(Nc1ccc(N)nc1)c1ccccc1. The van der Waals surface area contributed by atoms with Gasteiger partial charge in [-0.1, -0.05) is 30.3 Å². The lowest BCUT2D eigenvalue weighted by atomic mass is 10.1. The highest BCUT2D eigenvalue weighted by Gasteiger charge is 2.20. The van der Waals surface area contributed by atoms with Crippen LogP contribution in [0.1, 0.15) is 11.6 Å². The summed E-state index contributed by atoms with van der Waals surface area (Å²) in [4.78, 5) is 15.8. The highest BCUT2D eigenvalue weighted by Crippen LogP contribution is 2.20. The first-order valence-electron chi connectivity index (χ1n) is 5.81. The van der Waals surface area contributed by atoms with Crippen molar-refractivity contribution in [3.63, 3.8) is 0 Å². The van der Waals surface area contributed by atoms with Crippen LogP contribution in [-0.2, 0) is 9.53 Å². The molecular weight excluding hydrogens is 242 g/mol. The van der Waals surface area contributed by atoms with Crippen LogP contribution in [0.4, 0.5) is 11.5 Å². The second kappa shape index (κ2) is 5.86. The van der Waals surface area contributed by atoms with Crippen molar-refractivity contribution in [1.29, 1.82) is 0 Å². The monoisotopic (exact) mass is 257 g/mol. The second-order valence-corrected chi connectivity index (χ2v) is 3.98. The van der Waals surface area contributed by atoms with E-state index in [9.17, 15) is 4.79 Å². The molecule has 1 aromatic carbocycles. The molecule has 0 fully saturated rings. The number of anilines is 2. The van der Waals surface area contributed by atoms with E-state index in [1.165, 1.54) is 7.11 Å². The number of nitrogens with zero attached hydrogens (tertiary/aromatic N) is 1. The molecule has 1 unspecified atom stereocenters. The summed E-state index contributed by atoms with van der Waals surface area (Å²) in [6.07, 6.45) is 1.58. The molecule has 3 N–H and O–H groups in total. The fourth-order valence-corrected chi connectivity index (χ4v) is 1.70. The van der Waals surface area contributed by atoms with Crippen molar-refractivity contribution in [2.75, 3.05) is 18.2 Å². The van der Waals surface area contributed by atoms with Crippen LogP contribution in [0.3, 0.4) is 0 Å². The van der Waals surface area contributed by atoms with Gasteiger partial charge in [-0.2, -0.15) is 0 Å². The number of carbonyl (C=O) groups excluding carboxylic acids is 1. The highest BCUT2D eigenvalue weighted by molar-refractivity contribution is 5.81. The first-order valence-corrected chi connectivity index (χ1v) is 5.81. The number of nitrogen functional groups attached to an aromatic ring is 1. The topological polar surface area (TPSA) is 77.2 Å². The molecule has 19 heavy (non-hydrogen) atoms. The summed E-state index contributed by atoms with van der Waals surface area (Å²) in [6.45, 7) is 0. The molecule has 0 spiro atoms. The Labute approximate surface area is 111 Å². The standard InChI is InChI=1S/C14H15N3O2/c1-19-14(18)13(10-5-3-2-4-6-10)17-11-7-8-12(15)16-9-11/h2-9,13,17H,1H3,(H2,15,16). The molecule has 1 atom stereocenters. The number of esters is 1. The lowest BCUT2D eigenvalue weighted by Gasteiger charge is -2.17. The zero-order valence-corrected chi connectivity index (χ0v) is 10.5. The molecule has 1 aromatic heterocycles. The Hall–Kier alpha value is -2.56. The smallest absolute Gasteiger partial charge is 0.332 e. The molecule has 0 bridgehead atoms. The Bertz CT molecular complexity index is 540. The predicted molar refractivity (Wildman–Crippen MR) is 73.5 cm³/mol. The number of nitrogens with two attached hydrogens (primary N) is 1. The first kappa shape index (κ1) is 12.9. The summed E-state index contributed by atoms with van der Waals surface area (Å²) in [7, 11) is 1.36. The van der Waals surface area contributed by atoms with Gasteiger partial charge in [0.2, 0.25) is 0 Å². The second-order valence-electron chi connectivity index (χ2n) is 3.98. The minimum absolute atomic E-state index is 0.358. The number of hydrogen-bond donors (Lipinski definition) is 2. The van der Waals surface area contributed by atoms with E-state index in [0.717, 1.165) is 5.56 Å². The molecule has 0 aliphatic rings. The Morgan fingerprint density at radius 2 is 2.00 bits per heavy atom. The van der Waals surface area contributed by atoms with Gasteiger partial charge in [-0.3, -0.25) is 0 Å². The molecule has 0 radical (unpaired) electrons. The highest BCUT2D eigenvalue weighted by atomic mass is 16.5. The molecule has 0 aliphatic carbocycles. The fourth-order valence-electron chi connectivity index (χ4n) is 1.70. The normalized spacial score (nSPS) is 11.6. The number of nitrogens with one attached hydrogen (secondary N) is 1. The Kier molecular flexibility index (Phi) is 3.97. The molecule has 98 valence electrons. The number of methoxy groups -OCH3 is 1. The molecule has 1 heterocycles. The number of ether oxygens (including phenoxy) is 1. The third kappa shape index (κ3) is 3.22. The zero-order valence-electron chi connectivity index (χ0n) is 10.5. The molecule has 0 amide bonds. The van der Waals surface area contributed by atoms with Gasteiger partial charge in [0.15, 0.2) is 6.04 Å². The average molecular weight is 257 g/mol. The summed E-state index contributed by atoms with van der Waals surface area (Å²) < 4.78 is 4.82. The van der Waals surface area contributed by atoms with Crippen LogP contribution in [0.25, 0.3) is 0 Å². The van der Waals surface area contributed by atoms with Crippen LogP contribution in [0, 0.1) is 0 Å². The van der Waals surface area contributed by atoms with E-state index < -0.39 is 6.04 Å². The van der Waals surface area contributed by atoms with Crippen LogP contribution in [0.2, 0.25) is 0 Å². The minimum atomic E-state index is -0.573.